The fraction of sp³-hybridized carbons (Fsp3) is 0.316. The van der Waals surface area contributed by atoms with Crippen molar-refractivity contribution in [2.45, 2.75) is 39.2 Å². The topological polar surface area (TPSA) is 49.3 Å². The molecule has 1 atom stereocenters. The van der Waals surface area contributed by atoms with Crippen LogP contribution in [0.25, 0.3) is 0 Å². The average molecular weight is 568 g/mol. The predicted octanol–water partition coefficient (Wildman–Crippen LogP) is 3.22. The van der Waals surface area contributed by atoms with Gasteiger partial charge in [0.25, 0.3) is 0 Å². The van der Waals surface area contributed by atoms with Crippen molar-refractivity contribution in [1.82, 2.24) is 0 Å². The second-order valence-corrected chi connectivity index (χ2v) is 5.87. The average Bonchev–Trinajstić information content (AvgIpc) is 2.49. The number of benzene rings is 2. The molecule has 0 aromatic heterocycles. The molecule has 0 aliphatic rings. The molecular formula is C19H21NO2WY-2. The summed E-state index contributed by atoms with van der Waals surface area (Å²) in [5.74, 6) is -0.402. The SMILES string of the molecule is Cc1[c-]cc(CC[C@](C)(O)C(=O)Nc2c[c-]c(C)cc2)cc1.[W].[Y]. The van der Waals surface area contributed by atoms with Crippen molar-refractivity contribution in [1.29, 1.82) is 0 Å². The van der Waals surface area contributed by atoms with Gasteiger partial charge in [0.05, 0.1) is 0 Å². The summed E-state index contributed by atoms with van der Waals surface area (Å²) in [6.45, 7) is 5.45. The van der Waals surface area contributed by atoms with Crippen LogP contribution in [-0.4, -0.2) is 16.6 Å². The molecule has 0 bridgehead atoms. The van der Waals surface area contributed by atoms with Crippen LogP contribution in [0.1, 0.15) is 30.0 Å². The van der Waals surface area contributed by atoms with Gasteiger partial charge in [-0.3, -0.25) is 4.79 Å². The van der Waals surface area contributed by atoms with Crippen LogP contribution in [-0.2, 0) is 65.0 Å². The number of aryl methyl sites for hydroxylation is 3. The van der Waals surface area contributed by atoms with Crippen LogP contribution in [0.5, 0.6) is 0 Å². The quantitative estimate of drug-likeness (QED) is 0.545. The number of hydrogen-bond donors (Lipinski definition) is 2. The van der Waals surface area contributed by atoms with Gasteiger partial charge in [0.1, 0.15) is 5.60 Å². The van der Waals surface area contributed by atoms with Crippen molar-refractivity contribution in [3.8, 4) is 0 Å². The second-order valence-electron chi connectivity index (χ2n) is 5.87. The summed E-state index contributed by atoms with van der Waals surface area (Å²) in [6.07, 6.45) is 0.975. The van der Waals surface area contributed by atoms with Crippen LogP contribution in [0, 0.1) is 26.0 Å². The van der Waals surface area contributed by atoms with Crippen molar-refractivity contribution < 1.29 is 63.7 Å². The summed E-state index contributed by atoms with van der Waals surface area (Å²) in [6, 6.07) is 17.4. The Morgan fingerprint density at radius 1 is 1.12 bits per heavy atom. The number of amides is 1. The van der Waals surface area contributed by atoms with Gasteiger partial charge in [-0.25, -0.2) is 0 Å². The van der Waals surface area contributed by atoms with Crippen LogP contribution in [0.3, 0.4) is 0 Å². The van der Waals surface area contributed by atoms with Gasteiger partial charge in [-0.15, -0.1) is 6.07 Å². The monoisotopic (exact) mass is 568 g/mol. The zero-order chi connectivity index (χ0) is 16.2. The molecule has 0 aliphatic heterocycles. The maximum Gasteiger partial charge on any atom is 0.245 e. The fourth-order valence-corrected chi connectivity index (χ4v) is 2.04. The zero-order valence-corrected chi connectivity index (χ0v) is 20.0. The minimum atomic E-state index is -1.42. The number of carbonyl (C=O) groups excluding carboxylic acids is 1. The third-order valence-electron chi connectivity index (χ3n) is 3.65. The molecule has 3 nitrogen and oxygen atoms in total. The molecule has 2 rings (SSSR count). The standard InChI is InChI=1S/C19H21NO2.W.Y/c1-14-4-8-16(9-5-14)12-13-19(3,22)18(21)20-17-10-6-15(2)7-11-17;;/h4,6,8-11,22H,12-13H2,1-3H3,(H,20,21);;/q-2;;/t19-;;/m0../s1. The Kier molecular flexibility index (Phi) is 10.5. The van der Waals surface area contributed by atoms with E-state index in [9.17, 15) is 9.90 Å². The van der Waals surface area contributed by atoms with E-state index in [1.807, 2.05) is 38.1 Å². The van der Waals surface area contributed by atoms with E-state index in [1.54, 1.807) is 12.1 Å². The van der Waals surface area contributed by atoms with Crippen molar-refractivity contribution in [3.05, 3.63) is 65.2 Å². The number of anilines is 1. The van der Waals surface area contributed by atoms with E-state index in [4.69, 9.17) is 0 Å². The van der Waals surface area contributed by atoms with Crippen molar-refractivity contribution in [3.63, 3.8) is 0 Å². The van der Waals surface area contributed by atoms with Gasteiger partial charge in [-0.1, -0.05) is 26.0 Å². The third kappa shape index (κ3) is 7.27. The Balaban J connectivity index is 0.00000264. The molecule has 1 amide bonds. The van der Waals surface area contributed by atoms with Crippen molar-refractivity contribution >= 4 is 11.6 Å². The van der Waals surface area contributed by atoms with Crippen LogP contribution in [0.4, 0.5) is 5.69 Å². The molecule has 0 saturated heterocycles. The summed E-state index contributed by atoms with van der Waals surface area (Å²) in [5.41, 5.74) is 2.35. The molecule has 2 aromatic carbocycles. The number of carbonyl (C=O) groups is 1. The number of rotatable bonds is 5. The second kappa shape index (κ2) is 10.6. The normalized spacial score (nSPS) is 12.3. The van der Waals surface area contributed by atoms with E-state index in [0.29, 0.717) is 18.5 Å². The van der Waals surface area contributed by atoms with E-state index >= 15 is 0 Å². The van der Waals surface area contributed by atoms with Gasteiger partial charge >= 0.3 is 0 Å². The molecule has 0 spiro atoms. The van der Waals surface area contributed by atoms with Gasteiger partial charge in [0, 0.05) is 53.8 Å². The number of aliphatic hydroxyl groups is 1. The Morgan fingerprint density at radius 3 is 2.21 bits per heavy atom. The maximum atomic E-state index is 12.2. The predicted molar refractivity (Wildman–Crippen MR) is 87.6 cm³/mol. The van der Waals surface area contributed by atoms with Crippen LogP contribution in [0.2, 0.25) is 0 Å². The van der Waals surface area contributed by atoms with Gasteiger partial charge in [-0.2, -0.15) is 59.2 Å². The molecule has 125 valence electrons. The van der Waals surface area contributed by atoms with Crippen LogP contribution < -0.4 is 5.32 Å². The summed E-state index contributed by atoms with van der Waals surface area (Å²) in [4.78, 5) is 12.2. The molecule has 0 unspecified atom stereocenters. The maximum absolute atomic E-state index is 12.2. The molecule has 1 radical (unpaired) electrons. The fourth-order valence-electron chi connectivity index (χ4n) is 2.04. The Labute approximate surface area is 183 Å². The van der Waals surface area contributed by atoms with Crippen LogP contribution in [0.15, 0.2) is 36.4 Å². The third-order valence-corrected chi connectivity index (χ3v) is 3.65. The van der Waals surface area contributed by atoms with Gasteiger partial charge in [-0.05, 0) is 13.3 Å². The number of nitrogens with one attached hydrogen (secondary N) is 1. The summed E-state index contributed by atoms with van der Waals surface area (Å²) in [7, 11) is 0. The molecule has 0 fully saturated rings. The van der Waals surface area contributed by atoms with E-state index < -0.39 is 11.5 Å². The Morgan fingerprint density at radius 2 is 1.71 bits per heavy atom. The molecular weight excluding hydrogens is 547 g/mol. The molecule has 2 aromatic rings. The van der Waals surface area contributed by atoms with E-state index in [2.05, 4.69) is 17.4 Å². The van der Waals surface area contributed by atoms with E-state index in [0.717, 1.165) is 16.7 Å². The molecule has 0 aliphatic carbocycles. The minimum Gasteiger partial charge on any atom is -0.380 e. The molecule has 0 saturated carbocycles. The molecule has 2 N–H and O–H groups in total. The largest absolute Gasteiger partial charge is 0.380 e. The zero-order valence-electron chi connectivity index (χ0n) is 14.2. The van der Waals surface area contributed by atoms with Gasteiger partial charge < -0.3 is 10.4 Å². The number of hydrogen-bond acceptors (Lipinski definition) is 2. The van der Waals surface area contributed by atoms with E-state index in [1.165, 1.54) is 6.92 Å². The molecule has 0 heterocycles. The molecule has 24 heavy (non-hydrogen) atoms. The van der Waals surface area contributed by atoms with Crippen molar-refractivity contribution in [2.24, 2.45) is 0 Å². The van der Waals surface area contributed by atoms with Gasteiger partial charge in [0.15, 0.2) is 0 Å². The summed E-state index contributed by atoms with van der Waals surface area (Å²) >= 11 is 0. The Bertz CT molecular complexity index is 639. The molecule has 5 heteroatoms. The van der Waals surface area contributed by atoms with Crippen LogP contribution >= 0.6 is 0 Å². The Hall–Kier alpha value is -0.338. The minimum absolute atomic E-state index is 0. The first-order valence-electron chi connectivity index (χ1n) is 7.36. The van der Waals surface area contributed by atoms with E-state index in [-0.39, 0.29) is 53.8 Å². The summed E-state index contributed by atoms with van der Waals surface area (Å²) in [5, 5.41) is 13.1. The smallest absolute Gasteiger partial charge is 0.245 e. The summed E-state index contributed by atoms with van der Waals surface area (Å²) < 4.78 is 0. The first-order chi connectivity index (χ1) is 10.4. The van der Waals surface area contributed by atoms with Crippen molar-refractivity contribution in [2.75, 3.05) is 5.32 Å². The van der Waals surface area contributed by atoms with Gasteiger partial charge in [0.2, 0.25) is 5.91 Å². The first kappa shape index (κ1) is 23.7. The first-order valence-corrected chi connectivity index (χ1v) is 7.36.